The number of carbonyl (C=O) groups is 1. The maximum Gasteiger partial charge on any atom is 0.276 e. The van der Waals surface area contributed by atoms with Gasteiger partial charge < -0.3 is 14.8 Å². The average Bonchev–Trinajstić information content (AvgIpc) is 3.15. The largest absolute Gasteiger partial charge is 0.486 e. The molecule has 2 aromatic carbocycles. The quantitative estimate of drug-likeness (QED) is 0.602. The summed E-state index contributed by atoms with van der Waals surface area (Å²) in [5, 5.41) is 7.56. The molecule has 6 nitrogen and oxygen atoms in total. The number of anilines is 1. The lowest BCUT2D eigenvalue weighted by Crippen LogP contribution is -2.18. The van der Waals surface area contributed by atoms with Gasteiger partial charge in [-0.3, -0.25) is 4.79 Å². The van der Waals surface area contributed by atoms with Crippen molar-refractivity contribution in [2.24, 2.45) is 0 Å². The molecule has 5 rings (SSSR count). The molecule has 1 aliphatic heterocycles. The molecule has 3 aromatic rings. The Bertz CT molecular complexity index is 1130. The van der Waals surface area contributed by atoms with E-state index in [1.165, 1.54) is 12.1 Å². The number of benzene rings is 2. The monoisotopic (exact) mass is 471 g/mol. The molecule has 0 bridgehead atoms. The molecule has 0 radical (unpaired) electrons. The minimum atomic E-state index is -0.304. The molecular weight excluding hydrogens is 453 g/mol. The van der Waals surface area contributed by atoms with Crippen molar-refractivity contribution in [2.75, 3.05) is 18.5 Å². The zero-order valence-electron chi connectivity index (χ0n) is 16.1. The number of halogens is 2. The summed E-state index contributed by atoms with van der Waals surface area (Å²) in [5.41, 5.74) is 3.70. The first-order chi connectivity index (χ1) is 14.6. The standard InChI is InChI=1S/C22H19BrFN3O3/c23-16-11-19-20(30-10-9-29-19)12-17(16)25-22(28)21-15-3-1-2-4-18(15)27(26-21)14-7-5-13(24)6-8-14/h5-8,11-12H,1-4,9-10H2,(H,25,28). The Morgan fingerprint density at radius 3 is 2.53 bits per heavy atom. The van der Waals surface area contributed by atoms with Crippen molar-refractivity contribution in [3.8, 4) is 17.2 Å². The maximum atomic E-state index is 13.4. The van der Waals surface area contributed by atoms with Gasteiger partial charge in [-0.25, -0.2) is 9.07 Å². The highest BCUT2D eigenvalue weighted by Crippen LogP contribution is 2.38. The average molecular weight is 472 g/mol. The smallest absolute Gasteiger partial charge is 0.276 e. The van der Waals surface area contributed by atoms with E-state index in [4.69, 9.17) is 9.47 Å². The summed E-state index contributed by atoms with van der Waals surface area (Å²) in [4.78, 5) is 13.2. The molecule has 0 unspecified atom stereocenters. The van der Waals surface area contributed by atoms with Gasteiger partial charge in [0, 0.05) is 27.9 Å². The van der Waals surface area contributed by atoms with E-state index < -0.39 is 0 Å². The van der Waals surface area contributed by atoms with Crippen molar-refractivity contribution in [3.05, 3.63) is 63.6 Å². The van der Waals surface area contributed by atoms with Crippen LogP contribution in [0.1, 0.15) is 34.6 Å². The number of ether oxygens (including phenoxy) is 2. The van der Waals surface area contributed by atoms with Crippen molar-refractivity contribution in [1.29, 1.82) is 0 Å². The SMILES string of the molecule is O=C(Nc1cc2c(cc1Br)OCCO2)c1nn(-c2ccc(F)cc2)c2c1CCCC2. The van der Waals surface area contributed by atoms with E-state index in [-0.39, 0.29) is 11.7 Å². The molecule has 0 atom stereocenters. The fourth-order valence-corrected chi connectivity index (χ4v) is 4.34. The van der Waals surface area contributed by atoms with Gasteiger partial charge in [0.1, 0.15) is 19.0 Å². The van der Waals surface area contributed by atoms with Crippen LogP contribution in [0.2, 0.25) is 0 Å². The molecule has 1 aromatic heterocycles. The van der Waals surface area contributed by atoms with Crippen LogP contribution < -0.4 is 14.8 Å². The van der Waals surface area contributed by atoms with Gasteiger partial charge in [0.05, 0.1) is 11.4 Å². The zero-order valence-corrected chi connectivity index (χ0v) is 17.7. The Morgan fingerprint density at radius 2 is 1.77 bits per heavy atom. The lowest BCUT2D eigenvalue weighted by Gasteiger charge is -2.20. The van der Waals surface area contributed by atoms with Gasteiger partial charge in [0.25, 0.3) is 5.91 Å². The highest BCUT2D eigenvalue weighted by Gasteiger charge is 2.26. The molecule has 1 aliphatic carbocycles. The van der Waals surface area contributed by atoms with Gasteiger partial charge in [-0.2, -0.15) is 5.10 Å². The number of hydrogen-bond acceptors (Lipinski definition) is 4. The number of amides is 1. The fraction of sp³-hybridized carbons (Fsp3) is 0.273. The van der Waals surface area contributed by atoms with E-state index in [1.807, 2.05) is 0 Å². The van der Waals surface area contributed by atoms with Crippen LogP contribution in [0.5, 0.6) is 11.5 Å². The van der Waals surface area contributed by atoms with Crippen molar-refractivity contribution in [3.63, 3.8) is 0 Å². The third-order valence-corrected chi connectivity index (χ3v) is 6.00. The highest BCUT2D eigenvalue weighted by molar-refractivity contribution is 9.10. The van der Waals surface area contributed by atoms with Gasteiger partial charge in [-0.05, 0) is 65.9 Å². The summed E-state index contributed by atoms with van der Waals surface area (Å²) >= 11 is 3.49. The van der Waals surface area contributed by atoms with E-state index in [0.29, 0.717) is 40.6 Å². The lowest BCUT2D eigenvalue weighted by molar-refractivity contribution is 0.102. The fourth-order valence-electron chi connectivity index (χ4n) is 3.92. The predicted octanol–water partition coefficient (Wildman–Crippen LogP) is 4.68. The number of rotatable bonds is 3. The molecule has 154 valence electrons. The lowest BCUT2D eigenvalue weighted by atomic mass is 9.95. The summed E-state index contributed by atoms with van der Waals surface area (Å²) in [7, 11) is 0. The van der Waals surface area contributed by atoms with E-state index in [2.05, 4.69) is 26.3 Å². The summed E-state index contributed by atoms with van der Waals surface area (Å²) in [5.74, 6) is 0.648. The number of nitrogens with zero attached hydrogens (tertiary/aromatic N) is 2. The molecule has 0 saturated carbocycles. The van der Waals surface area contributed by atoms with E-state index >= 15 is 0 Å². The van der Waals surface area contributed by atoms with Crippen LogP contribution >= 0.6 is 15.9 Å². The van der Waals surface area contributed by atoms with E-state index in [1.54, 1.807) is 28.9 Å². The Hall–Kier alpha value is -2.87. The molecule has 8 heteroatoms. The second kappa shape index (κ2) is 7.75. The first kappa shape index (κ1) is 19.1. The summed E-state index contributed by atoms with van der Waals surface area (Å²) in [6.45, 7) is 0.968. The third kappa shape index (κ3) is 3.45. The molecule has 0 saturated heterocycles. The Labute approximate surface area is 181 Å². The normalized spacial score (nSPS) is 14.9. The van der Waals surface area contributed by atoms with Crippen LogP contribution in [0.3, 0.4) is 0 Å². The molecule has 30 heavy (non-hydrogen) atoms. The first-order valence-corrected chi connectivity index (χ1v) is 10.7. The third-order valence-electron chi connectivity index (χ3n) is 5.35. The van der Waals surface area contributed by atoms with Crippen LogP contribution in [-0.2, 0) is 12.8 Å². The molecule has 0 spiro atoms. The predicted molar refractivity (Wildman–Crippen MR) is 113 cm³/mol. The summed E-state index contributed by atoms with van der Waals surface area (Å²) in [6.07, 6.45) is 3.67. The maximum absolute atomic E-state index is 13.4. The molecule has 1 amide bonds. The minimum Gasteiger partial charge on any atom is -0.486 e. The van der Waals surface area contributed by atoms with Crippen molar-refractivity contribution >= 4 is 27.5 Å². The van der Waals surface area contributed by atoms with Crippen LogP contribution in [0.4, 0.5) is 10.1 Å². The van der Waals surface area contributed by atoms with Crippen LogP contribution in [0.25, 0.3) is 5.69 Å². The van der Waals surface area contributed by atoms with E-state index in [9.17, 15) is 9.18 Å². The molecule has 0 fully saturated rings. The van der Waals surface area contributed by atoms with Crippen molar-refractivity contribution in [1.82, 2.24) is 9.78 Å². The van der Waals surface area contributed by atoms with Gasteiger partial charge in [-0.1, -0.05) is 0 Å². The number of aromatic nitrogens is 2. The van der Waals surface area contributed by atoms with Crippen molar-refractivity contribution in [2.45, 2.75) is 25.7 Å². The zero-order chi connectivity index (χ0) is 20.7. The van der Waals surface area contributed by atoms with Gasteiger partial charge in [0.15, 0.2) is 17.2 Å². The van der Waals surface area contributed by atoms with Gasteiger partial charge >= 0.3 is 0 Å². The molecular formula is C22H19BrFN3O3. The summed E-state index contributed by atoms with van der Waals surface area (Å²) in [6, 6.07) is 9.69. The Balaban J connectivity index is 1.50. The Kier molecular flexibility index (Phi) is 4.94. The van der Waals surface area contributed by atoms with Gasteiger partial charge in [-0.15, -0.1) is 0 Å². The number of fused-ring (bicyclic) bond motifs is 2. The minimum absolute atomic E-state index is 0.286. The second-order valence-corrected chi connectivity index (χ2v) is 8.15. The van der Waals surface area contributed by atoms with Crippen molar-refractivity contribution < 1.29 is 18.7 Å². The summed E-state index contributed by atoms with van der Waals surface area (Å²) < 4.78 is 27.0. The number of nitrogens with one attached hydrogen (secondary N) is 1. The highest BCUT2D eigenvalue weighted by atomic mass is 79.9. The number of carbonyl (C=O) groups excluding carboxylic acids is 1. The molecule has 1 N–H and O–H groups in total. The van der Waals surface area contributed by atoms with Crippen LogP contribution in [0.15, 0.2) is 40.9 Å². The molecule has 2 heterocycles. The second-order valence-electron chi connectivity index (χ2n) is 7.30. The Morgan fingerprint density at radius 1 is 1.07 bits per heavy atom. The van der Waals surface area contributed by atoms with Gasteiger partial charge in [0.2, 0.25) is 0 Å². The first-order valence-electron chi connectivity index (χ1n) is 9.87. The topological polar surface area (TPSA) is 65.4 Å². The van der Waals surface area contributed by atoms with Crippen LogP contribution in [0, 0.1) is 5.82 Å². The molecule has 2 aliphatic rings. The number of hydrogen-bond donors (Lipinski definition) is 1. The van der Waals surface area contributed by atoms with E-state index in [0.717, 1.165) is 42.6 Å². The van der Waals surface area contributed by atoms with Crippen LogP contribution in [-0.4, -0.2) is 28.9 Å².